The summed E-state index contributed by atoms with van der Waals surface area (Å²) in [6.45, 7) is 0.0738. The monoisotopic (exact) mass is 286 g/mol. The zero-order valence-electron chi connectivity index (χ0n) is 10.2. The van der Waals surface area contributed by atoms with Crippen LogP contribution in [0.15, 0.2) is 0 Å². The van der Waals surface area contributed by atoms with E-state index in [9.17, 15) is 26.7 Å². The molecule has 1 atom stereocenters. The first-order chi connectivity index (χ1) is 8.68. The van der Waals surface area contributed by atoms with E-state index in [0.717, 1.165) is 12.8 Å². The largest absolute Gasteiger partial charge is 0.461 e. The molecule has 0 amide bonds. The fraction of sp³-hybridized carbons (Fsp3) is 0.917. The van der Waals surface area contributed by atoms with Gasteiger partial charge in [-0.25, -0.2) is 0 Å². The molecule has 7 heteroatoms. The van der Waals surface area contributed by atoms with E-state index in [0.29, 0.717) is 12.8 Å². The zero-order valence-corrected chi connectivity index (χ0v) is 10.2. The summed E-state index contributed by atoms with van der Waals surface area (Å²) in [5, 5.41) is 0. The first-order valence-electron chi connectivity index (χ1n) is 6.31. The summed E-state index contributed by atoms with van der Waals surface area (Å²) in [6.07, 6.45) is -2.91. The first-order valence-corrected chi connectivity index (χ1v) is 6.31. The van der Waals surface area contributed by atoms with Gasteiger partial charge in [-0.2, -0.15) is 22.0 Å². The lowest BCUT2D eigenvalue weighted by molar-refractivity contribution is -0.272. The Kier molecular flexibility index (Phi) is 3.62. The average Bonchev–Trinajstić information content (AvgIpc) is 2.74. The van der Waals surface area contributed by atoms with Crippen LogP contribution >= 0.6 is 0 Å². The lowest BCUT2D eigenvalue weighted by Crippen LogP contribution is -2.50. The number of Topliss-reactive ketones (excluding diaryl/α,β-unsaturated/α-hetero) is 1. The van der Waals surface area contributed by atoms with E-state index >= 15 is 0 Å². The van der Waals surface area contributed by atoms with Crippen LogP contribution < -0.4 is 0 Å². The van der Waals surface area contributed by atoms with Crippen LogP contribution in [0.1, 0.15) is 38.5 Å². The molecule has 1 unspecified atom stereocenters. The molecule has 19 heavy (non-hydrogen) atoms. The number of alkyl halides is 5. The molecule has 0 N–H and O–H groups in total. The molecular weight excluding hydrogens is 271 g/mol. The van der Waals surface area contributed by atoms with Gasteiger partial charge < -0.3 is 4.74 Å². The molecule has 2 nitrogen and oxygen atoms in total. The smallest absolute Gasteiger partial charge is 0.375 e. The Bertz CT molecular complexity index is 358. The second-order valence-electron chi connectivity index (χ2n) is 5.36. The predicted molar refractivity (Wildman–Crippen MR) is 55.9 cm³/mol. The normalized spacial score (nSPS) is 27.7. The summed E-state index contributed by atoms with van der Waals surface area (Å²) in [5.74, 6) is -8.52. The summed E-state index contributed by atoms with van der Waals surface area (Å²) >= 11 is 0. The number of ketones is 1. The molecule has 1 aliphatic heterocycles. The van der Waals surface area contributed by atoms with Crippen LogP contribution in [0.25, 0.3) is 0 Å². The van der Waals surface area contributed by atoms with Crippen LogP contribution in [0.4, 0.5) is 22.0 Å². The van der Waals surface area contributed by atoms with Crippen molar-refractivity contribution in [1.82, 2.24) is 0 Å². The summed E-state index contributed by atoms with van der Waals surface area (Å²) in [6, 6.07) is 0. The summed E-state index contributed by atoms with van der Waals surface area (Å²) < 4.78 is 68.3. The molecule has 2 rings (SSSR count). The molecule has 0 aromatic carbocycles. The maximum atomic E-state index is 13.1. The molecule has 0 bridgehead atoms. The number of carbonyl (C=O) groups excluding carboxylic acids is 1. The summed E-state index contributed by atoms with van der Waals surface area (Å²) in [4.78, 5) is 11.5. The Morgan fingerprint density at radius 2 is 1.68 bits per heavy atom. The standard InChI is InChI=1S/C12H15F5O2/c13-11(14,12(15,16)17)9(18)8-3-6-19-10(7-8)4-1-2-5-10/h8H,1-7H2. The quantitative estimate of drug-likeness (QED) is 0.726. The van der Waals surface area contributed by atoms with Crippen LogP contribution in [0.3, 0.4) is 0 Å². The van der Waals surface area contributed by atoms with Crippen molar-refractivity contribution in [3.63, 3.8) is 0 Å². The van der Waals surface area contributed by atoms with Crippen molar-refractivity contribution in [3.8, 4) is 0 Å². The van der Waals surface area contributed by atoms with Crippen molar-refractivity contribution in [2.24, 2.45) is 5.92 Å². The SMILES string of the molecule is O=C(C1CCOC2(CCCC2)C1)C(F)(F)C(F)(F)F. The molecular formula is C12H15F5O2. The Balaban J connectivity index is 2.11. The third kappa shape index (κ3) is 2.61. The van der Waals surface area contributed by atoms with Crippen molar-refractivity contribution in [2.45, 2.75) is 56.2 Å². The predicted octanol–water partition coefficient (Wildman–Crippen LogP) is 3.49. The third-order valence-electron chi connectivity index (χ3n) is 4.04. The highest BCUT2D eigenvalue weighted by Gasteiger charge is 2.64. The number of carbonyl (C=O) groups is 1. The van der Waals surface area contributed by atoms with Crippen molar-refractivity contribution in [2.75, 3.05) is 6.61 Å². The van der Waals surface area contributed by atoms with Gasteiger partial charge >= 0.3 is 12.1 Å². The second kappa shape index (κ2) is 4.68. The summed E-state index contributed by atoms with van der Waals surface area (Å²) in [7, 11) is 0. The van der Waals surface area contributed by atoms with Crippen LogP contribution in [-0.4, -0.2) is 30.1 Å². The van der Waals surface area contributed by atoms with E-state index in [2.05, 4.69) is 0 Å². The minimum Gasteiger partial charge on any atom is -0.375 e. The number of hydrogen-bond acceptors (Lipinski definition) is 2. The lowest BCUT2D eigenvalue weighted by atomic mass is 9.81. The fourth-order valence-electron chi connectivity index (χ4n) is 3.02. The van der Waals surface area contributed by atoms with Gasteiger partial charge in [-0.1, -0.05) is 12.8 Å². The minimum atomic E-state index is -5.81. The molecule has 110 valence electrons. The molecule has 0 aromatic rings. The van der Waals surface area contributed by atoms with Gasteiger partial charge in [0.25, 0.3) is 0 Å². The zero-order chi connectivity index (χ0) is 14.3. The van der Waals surface area contributed by atoms with Gasteiger partial charge in [0.15, 0.2) is 0 Å². The van der Waals surface area contributed by atoms with Crippen LogP contribution in [-0.2, 0) is 9.53 Å². The third-order valence-corrected chi connectivity index (χ3v) is 4.04. The van der Waals surface area contributed by atoms with Crippen LogP contribution in [0, 0.1) is 5.92 Å². The van der Waals surface area contributed by atoms with Gasteiger partial charge in [0, 0.05) is 12.5 Å². The number of hydrogen-bond donors (Lipinski definition) is 0. The van der Waals surface area contributed by atoms with Gasteiger partial charge in [-0.3, -0.25) is 4.79 Å². The molecule has 1 saturated carbocycles. The molecule has 2 fully saturated rings. The van der Waals surface area contributed by atoms with Gasteiger partial charge in [0.1, 0.15) is 0 Å². The highest BCUT2D eigenvalue weighted by molar-refractivity contribution is 5.88. The Labute approximate surface area is 107 Å². The maximum Gasteiger partial charge on any atom is 0.461 e. The Hall–Kier alpha value is -0.720. The first kappa shape index (κ1) is 14.7. The topological polar surface area (TPSA) is 26.3 Å². The van der Waals surface area contributed by atoms with Gasteiger partial charge in [0.2, 0.25) is 5.78 Å². The van der Waals surface area contributed by atoms with Crippen molar-refractivity contribution < 1.29 is 31.5 Å². The van der Waals surface area contributed by atoms with E-state index in [4.69, 9.17) is 4.74 Å². The number of ether oxygens (including phenoxy) is 1. The van der Waals surface area contributed by atoms with Crippen LogP contribution in [0.5, 0.6) is 0 Å². The molecule has 2 aliphatic rings. The number of rotatable bonds is 2. The lowest BCUT2D eigenvalue weighted by Gasteiger charge is -2.38. The van der Waals surface area contributed by atoms with E-state index in [1.165, 1.54) is 0 Å². The van der Waals surface area contributed by atoms with Crippen molar-refractivity contribution >= 4 is 5.78 Å². The molecule has 1 spiro atoms. The average molecular weight is 286 g/mol. The minimum absolute atomic E-state index is 0.0164. The second-order valence-corrected chi connectivity index (χ2v) is 5.36. The summed E-state index contributed by atoms with van der Waals surface area (Å²) in [5.41, 5.74) is -0.653. The molecule has 1 saturated heterocycles. The molecule has 0 radical (unpaired) electrons. The van der Waals surface area contributed by atoms with E-state index in [1.54, 1.807) is 0 Å². The van der Waals surface area contributed by atoms with Crippen molar-refractivity contribution in [3.05, 3.63) is 0 Å². The van der Waals surface area contributed by atoms with E-state index in [1.807, 2.05) is 0 Å². The highest BCUT2D eigenvalue weighted by Crippen LogP contribution is 2.45. The molecule has 0 aromatic heterocycles. The fourth-order valence-corrected chi connectivity index (χ4v) is 3.02. The van der Waals surface area contributed by atoms with Gasteiger partial charge in [-0.05, 0) is 25.7 Å². The van der Waals surface area contributed by atoms with Crippen molar-refractivity contribution in [1.29, 1.82) is 0 Å². The van der Waals surface area contributed by atoms with E-state index < -0.39 is 29.4 Å². The molecule has 1 aliphatic carbocycles. The number of halogens is 5. The maximum absolute atomic E-state index is 13.1. The van der Waals surface area contributed by atoms with E-state index in [-0.39, 0.29) is 19.4 Å². The van der Waals surface area contributed by atoms with Gasteiger partial charge in [-0.15, -0.1) is 0 Å². The molecule has 1 heterocycles. The highest BCUT2D eigenvalue weighted by atomic mass is 19.4. The Morgan fingerprint density at radius 1 is 1.11 bits per heavy atom. The Morgan fingerprint density at radius 3 is 2.21 bits per heavy atom. The van der Waals surface area contributed by atoms with Gasteiger partial charge in [0.05, 0.1) is 5.60 Å². The van der Waals surface area contributed by atoms with Crippen LogP contribution in [0.2, 0.25) is 0 Å².